The van der Waals surface area contributed by atoms with Crippen LogP contribution in [0.2, 0.25) is 0 Å². The van der Waals surface area contributed by atoms with E-state index in [-0.39, 0.29) is 25.4 Å². The predicted molar refractivity (Wildman–Crippen MR) is 47.2 cm³/mol. The second kappa shape index (κ2) is 7.97. The highest BCUT2D eigenvalue weighted by Gasteiger charge is 2.05. The predicted octanol–water partition coefficient (Wildman–Crippen LogP) is -1.12. The smallest absolute Gasteiger partial charge is 0.207 e. The molecule has 0 saturated heterocycles. The van der Waals surface area contributed by atoms with Crippen LogP contribution in [-0.4, -0.2) is 48.6 Å². The minimum Gasteiger partial charge on any atom is -0.394 e. The van der Waals surface area contributed by atoms with Crippen molar-refractivity contribution in [2.45, 2.75) is 25.5 Å². The third-order valence-corrected chi connectivity index (χ3v) is 1.52. The Morgan fingerprint density at radius 1 is 1.62 bits per heavy atom. The number of aliphatic hydroxyl groups excluding tert-OH is 2. The van der Waals surface area contributed by atoms with E-state index in [0.29, 0.717) is 19.4 Å². The molecule has 3 N–H and O–H groups in total. The fourth-order valence-electron chi connectivity index (χ4n) is 0.729. The van der Waals surface area contributed by atoms with Crippen LogP contribution in [0, 0.1) is 0 Å². The number of amides is 1. The number of carbonyl (C=O) groups is 1. The van der Waals surface area contributed by atoms with E-state index in [2.05, 4.69) is 5.32 Å². The van der Waals surface area contributed by atoms with Gasteiger partial charge in [-0.3, -0.25) is 4.79 Å². The number of rotatable bonds is 8. The highest BCUT2D eigenvalue weighted by molar-refractivity contribution is 5.46. The summed E-state index contributed by atoms with van der Waals surface area (Å²) in [7, 11) is 0. The Morgan fingerprint density at radius 3 is 2.77 bits per heavy atom. The topological polar surface area (TPSA) is 78.8 Å². The van der Waals surface area contributed by atoms with Gasteiger partial charge in [-0.1, -0.05) is 0 Å². The molecule has 0 spiro atoms. The Hall–Kier alpha value is -0.650. The van der Waals surface area contributed by atoms with Gasteiger partial charge in [-0.25, -0.2) is 0 Å². The number of hydrogen-bond acceptors (Lipinski definition) is 4. The Labute approximate surface area is 77.7 Å². The molecule has 0 aromatic carbocycles. The highest BCUT2D eigenvalue weighted by atomic mass is 16.5. The summed E-state index contributed by atoms with van der Waals surface area (Å²) < 4.78 is 5.11. The van der Waals surface area contributed by atoms with E-state index in [9.17, 15) is 4.79 Å². The van der Waals surface area contributed by atoms with Crippen LogP contribution < -0.4 is 5.32 Å². The van der Waals surface area contributed by atoms with Gasteiger partial charge in [0.1, 0.15) is 0 Å². The maximum atomic E-state index is 10.00. The average molecular weight is 191 g/mol. The molecule has 0 heterocycles. The van der Waals surface area contributed by atoms with Gasteiger partial charge in [0.05, 0.1) is 25.4 Å². The van der Waals surface area contributed by atoms with Crippen LogP contribution in [-0.2, 0) is 9.53 Å². The number of carbonyl (C=O) groups excluding carboxylic acids is 1. The van der Waals surface area contributed by atoms with E-state index in [1.807, 2.05) is 0 Å². The molecule has 13 heavy (non-hydrogen) atoms. The Kier molecular flexibility index (Phi) is 7.57. The first kappa shape index (κ1) is 12.3. The van der Waals surface area contributed by atoms with Crippen molar-refractivity contribution in [3.05, 3.63) is 0 Å². The zero-order valence-electron chi connectivity index (χ0n) is 7.77. The number of hydrogen-bond donors (Lipinski definition) is 3. The molecule has 5 nitrogen and oxygen atoms in total. The van der Waals surface area contributed by atoms with E-state index < -0.39 is 0 Å². The second-order valence-electron chi connectivity index (χ2n) is 2.88. The normalized spacial score (nSPS) is 15.0. The lowest BCUT2D eigenvalue weighted by molar-refractivity contribution is -0.111. The molecule has 0 saturated carbocycles. The molecule has 0 fully saturated rings. The third-order valence-electron chi connectivity index (χ3n) is 1.52. The lowest BCUT2D eigenvalue weighted by Gasteiger charge is -2.13. The largest absolute Gasteiger partial charge is 0.394 e. The zero-order chi connectivity index (χ0) is 10.1. The summed E-state index contributed by atoms with van der Waals surface area (Å²) in [5.74, 6) is 0. The third kappa shape index (κ3) is 7.70. The lowest BCUT2D eigenvalue weighted by Crippen LogP contribution is -2.35. The fourth-order valence-corrected chi connectivity index (χ4v) is 0.729. The fraction of sp³-hybridized carbons (Fsp3) is 0.875. The van der Waals surface area contributed by atoms with E-state index in [1.54, 1.807) is 6.92 Å². The molecule has 0 aliphatic carbocycles. The van der Waals surface area contributed by atoms with E-state index >= 15 is 0 Å². The number of ether oxygens (including phenoxy) is 1. The minimum atomic E-state index is -0.383. The van der Waals surface area contributed by atoms with E-state index in [1.165, 1.54) is 0 Å². The van der Waals surface area contributed by atoms with Crippen LogP contribution >= 0.6 is 0 Å². The Balaban J connectivity index is 3.32. The first-order valence-electron chi connectivity index (χ1n) is 4.27. The molecule has 0 aromatic rings. The molecule has 78 valence electrons. The van der Waals surface area contributed by atoms with Crippen molar-refractivity contribution in [2.24, 2.45) is 0 Å². The molecule has 0 aliphatic heterocycles. The van der Waals surface area contributed by atoms with Gasteiger partial charge in [0.2, 0.25) is 6.41 Å². The standard InChI is InChI=1S/C8H17NO4/c1-7(12)2-3-13-5-8(4-10)9-6-11/h6-8,10,12H,2-5H2,1H3,(H,9,11). The Morgan fingerprint density at radius 2 is 2.31 bits per heavy atom. The number of aliphatic hydroxyl groups is 2. The molecule has 5 heteroatoms. The van der Waals surface area contributed by atoms with Crippen LogP contribution in [0.15, 0.2) is 0 Å². The van der Waals surface area contributed by atoms with Gasteiger partial charge >= 0.3 is 0 Å². The summed E-state index contributed by atoms with van der Waals surface area (Å²) in [5.41, 5.74) is 0. The van der Waals surface area contributed by atoms with Gasteiger partial charge in [-0.2, -0.15) is 0 Å². The zero-order valence-corrected chi connectivity index (χ0v) is 7.77. The first-order chi connectivity index (χ1) is 6.20. The SMILES string of the molecule is CC(O)CCOCC(CO)NC=O. The quantitative estimate of drug-likeness (QED) is 0.335. The summed E-state index contributed by atoms with van der Waals surface area (Å²) >= 11 is 0. The van der Waals surface area contributed by atoms with Gasteiger partial charge in [0.15, 0.2) is 0 Å². The molecule has 2 atom stereocenters. The van der Waals surface area contributed by atoms with Gasteiger partial charge in [0.25, 0.3) is 0 Å². The van der Waals surface area contributed by atoms with Crippen LogP contribution in [0.1, 0.15) is 13.3 Å². The summed E-state index contributed by atoms with van der Waals surface area (Å²) in [5, 5.41) is 20.0. The van der Waals surface area contributed by atoms with Crippen molar-refractivity contribution in [1.29, 1.82) is 0 Å². The van der Waals surface area contributed by atoms with Crippen molar-refractivity contribution in [1.82, 2.24) is 5.32 Å². The van der Waals surface area contributed by atoms with Crippen molar-refractivity contribution in [2.75, 3.05) is 19.8 Å². The van der Waals surface area contributed by atoms with Crippen molar-refractivity contribution in [3.8, 4) is 0 Å². The van der Waals surface area contributed by atoms with Crippen molar-refractivity contribution >= 4 is 6.41 Å². The van der Waals surface area contributed by atoms with Crippen molar-refractivity contribution < 1.29 is 19.7 Å². The summed E-state index contributed by atoms with van der Waals surface area (Å²) in [4.78, 5) is 10.00. The minimum absolute atomic E-state index is 0.145. The molecule has 0 radical (unpaired) electrons. The number of nitrogens with one attached hydrogen (secondary N) is 1. The van der Waals surface area contributed by atoms with Gasteiger partial charge in [-0.05, 0) is 13.3 Å². The molecule has 0 bridgehead atoms. The summed E-state index contributed by atoms with van der Waals surface area (Å²) in [6.07, 6.45) is 0.699. The lowest BCUT2D eigenvalue weighted by atomic mass is 10.3. The molecule has 0 aromatic heterocycles. The molecule has 0 rings (SSSR count). The monoisotopic (exact) mass is 191 g/mol. The summed E-state index contributed by atoms with van der Waals surface area (Å²) in [6.45, 7) is 2.22. The summed E-state index contributed by atoms with van der Waals surface area (Å²) in [6, 6.07) is -0.355. The van der Waals surface area contributed by atoms with Gasteiger partial charge in [0, 0.05) is 6.61 Å². The van der Waals surface area contributed by atoms with Crippen LogP contribution in [0.5, 0.6) is 0 Å². The molecule has 1 amide bonds. The average Bonchev–Trinajstić information content (AvgIpc) is 2.10. The van der Waals surface area contributed by atoms with Gasteiger partial charge < -0.3 is 20.3 Å². The molecular weight excluding hydrogens is 174 g/mol. The van der Waals surface area contributed by atoms with Crippen molar-refractivity contribution in [3.63, 3.8) is 0 Å². The molecule has 0 aliphatic rings. The van der Waals surface area contributed by atoms with Crippen LogP contribution in [0.3, 0.4) is 0 Å². The first-order valence-corrected chi connectivity index (χ1v) is 4.27. The highest BCUT2D eigenvalue weighted by Crippen LogP contribution is 1.91. The van der Waals surface area contributed by atoms with Crippen LogP contribution in [0.25, 0.3) is 0 Å². The van der Waals surface area contributed by atoms with Crippen LogP contribution in [0.4, 0.5) is 0 Å². The molecular formula is C8H17NO4. The van der Waals surface area contributed by atoms with E-state index in [4.69, 9.17) is 14.9 Å². The molecule has 2 unspecified atom stereocenters. The van der Waals surface area contributed by atoms with E-state index in [0.717, 1.165) is 0 Å². The second-order valence-corrected chi connectivity index (χ2v) is 2.88. The maximum Gasteiger partial charge on any atom is 0.207 e. The van der Waals surface area contributed by atoms with Gasteiger partial charge in [-0.15, -0.1) is 0 Å². The Bertz CT molecular complexity index is 129. The maximum absolute atomic E-state index is 10.00.